The van der Waals surface area contributed by atoms with Gasteiger partial charge in [0.25, 0.3) is 11.1 Å². The van der Waals surface area contributed by atoms with E-state index < -0.39 is 6.10 Å². The van der Waals surface area contributed by atoms with Gasteiger partial charge in [-0.15, -0.1) is 21.5 Å². The Kier molecular flexibility index (Phi) is 5.90. The number of hydrogen-bond donors (Lipinski definition) is 1. The molecule has 1 N–H and O–H groups in total. The zero-order chi connectivity index (χ0) is 16.8. The highest BCUT2D eigenvalue weighted by Crippen LogP contribution is 2.26. The molecule has 3 aromatic rings. The lowest BCUT2D eigenvalue weighted by molar-refractivity contribution is 0.126. The molecule has 0 bridgehead atoms. The van der Waals surface area contributed by atoms with Crippen molar-refractivity contribution in [2.75, 3.05) is 12.4 Å². The first-order valence-electron chi connectivity index (χ1n) is 7.64. The van der Waals surface area contributed by atoms with E-state index in [0.29, 0.717) is 16.9 Å². The van der Waals surface area contributed by atoms with Crippen LogP contribution in [0.25, 0.3) is 10.8 Å². The molecular weight excluding hydrogens is 344 g/mol. The van der Waals surface area contributed by atoms with E-state index in [1.165, 1.54) is 17.3 Å². The predicted molar refractivity (Wildman–Crippen MR) is 95.7 cm³/mol. The Balaban J connectivity index is 1.46. The minimum absolute atomic E-state index is 0.228. The Morgan fingerprint density at radius 3 is 3.00 bits per heavy atom. The first-order chi connectivity index (χ1) is 11.7. The molecule has 0 saturated heterocycles. The van der Waals surface area contributed by atoms with Crippen LogP contribution in [0.5, 0.6) is 5.75 Å². The van der Waals surface area contributed by atoms with Gasteiger partial charge in [0.2, 0.25) is 0 Å². The zero-order valence-electron chi connectivity index (χ0n) is 13.2. The van der Waals surface area contributed by atoms with Gasteiger partial charge in [0.1, 0.15) is 12.4 Å². The lowest BCUT2D eigenvalue weighted by Crippen LogP contribution is -2.20. The standard InChI is InChI=1S/C17H18N2O3S2/c1-2-12-5-3-6-14(9-12)21-10-13(20)11-24-17-19-18-16(22-17)15-7-4-8-23-15/h3-9,13,20H,2,10-11H2,1H3/t13-/m1/s1. The summed E-state index contributed by atoms with van der Waals surface area (Å²) in [5.74, 6) is 1.71. The van der Waals surface area contributed by atoms with Crippen LogP contribution in [-0.4, -0.2) is 33.8 Å². The van der Waals surface area contributed by atoms with Crippen LogP contribution in [0, 0.1) is 0 Å². The van der Waals surface area contributed by atoms with Crippen molar-refractivity contribution in [1.82, 2.24) is 10.2 Å². The minimum Gasteiger partial charge on any atom is -0.491 e. The Morgan fingerprint density at radius 2 is 2.21 bits per heavy atom. The number of benzene rings is 1. The minimum atomic E-state index is -0.614. The summed E-state index contributed by atoms with van der Waals surface area (Å²) in [5, 5.41) is 20.5. The Morgan fingerprint density at radius 1 is 1.29 bits per heavy atom. The number of aromatic nitrogens is 2. The smallest absolute Gasteiger partial charge is 0.276 e. The van der Waals surface area contributed by atoms with Crippen LogP contribution < -0.4 is 4.74 Å². The molecule has 126 valence electrons. The van der Waals surface area contributed by atoms with Gasteiger partial charge < -0.3 is 14.3 Å². The Hall–Kier alpha value is -1.83. The van der Waals surface area contributed by atoms with E-state index in [2.05, 4.69) is 23.2 Å². The summed E-state index contributed by atoms with van der Waals surface area (Å²) < 4.78 is 11.2. The third-order valence-electron chi connectivity index (χ3n) is 3.29. The van der Waals surface area contributed by atoms with E-state index >= 15 is 0 Å². The highest BCUT2D eigenvalue weighted by atomic mass is 32.2. The molecule has 2 aromatic heterocycles. The number of thioether (sulfide) groups is 1. The van der Waals surface area contributed by atoms with Crippen LogP contribution in [0.15, 0.2) is 51.4 Å². The topological polar surface area (TPSA) is 68.4 Å². The van der Waals surface area contributed by atoms with Crippen molar-refractivity contribution in [3.63, 3.8) is 0 Å². The average Bonchev–Trinajstić information content (AvgIpc) is 3.29. The van der Waals surface area contributed by atoms with Gasteiger partial charge in [-0.25, -0.2) is 0 Å². The zero-order valence-corrected chi connectivity index (χ0v) is 14.8. The van der Waals surface area contributed by atoms with Crippen molar-refractivity contribution in [2.24, 2.45) is 0 Å². The maximum Gasteiger partial charge on any atom is 0.276 e. The Bertz CT molecular complexity index is 759. The molecular formula is C17H18N2O3S2. The Labute approximate surface area is 148 Å². The van der Waals surface area contributed by atoms with Crippen molar-refractivity contribution >= 4 is 23.1 Å². The molecule has 3 rings (SSSR count). The number of aliphatic hydroxyl groups excluding tert-OH is 1. The van der Waals surface area contributed by atoms with Crippen molar-refractivity contribution < 1.29 is 14.3 Å². The SMILES string of the molecule is CCc1cccc(OC[C@@H](O)CSc2nnc(-c3cccs3)o2)c1. The van der Waals surface area contributed by atoms with Crippen LogP contribution in [0.2, 0.25) is 0 Å². The molecule has 1 atom stereocenters. The lowest BCUT2D eigenvalue weighted by Gasteiger charge is -2.11. The highest BCUT2D eigenvalue weighted by molar-refractivity contribution is 7.99. The molecule has 7 heteroatoms. The molecule has 0 saturated carbocycles. The van der Waals surface area contributed by atoms with Gasteiger partial charge in [-0.3, -0.25) is 0 Å². The van der Waals surface area contributed by atoms with Gasteiger partial charge in [0.05, 0.1) is 11.0 Å². The maximum absolute atomic E-state index is 10.1. The first kappa shape index (κ1) is 17.0. The van der Waals surface area contributed by atoms with E-state index in [9.17, 15) is 5.11 Å². The number of aliphatic hydroxyl groups is 1. The summed E-state index contributed by atoms with van der Waals surface area (Å²) in [7, 11) is 0. The van der Waals surface area contributed by atoms with E-state index in [-0.39, 0.29) is 6.61 Å². The third-order valence-corrected chi connectivity index (χ3v) is 5.11. The number of aryl methyl sites for hydroxylation is 1. The summed E-state index contributed by atoms with van der Waals surface area (Å²) in [6.45, 7) is 2.32. The van der Waals surface area contributed by atoms with E-state index in [1.807, 2.05) is 35.7 Å². The number of hydrogen-bond acceptors (Lipinski definition) is 7. The second kappa shape index (κ2) is 8.32. The average molecular weight is 362 g/mol. The summed E-state index contributed by atoms with van der Waals surface area (Å²) in [4.78, 5) is 0.939. The van der Waals surface area contributed by atoms with E-state index in [0.717, 1.165) is 17.0 Å². The molecule has 0 radical (unpaired) electrons. The summed E-state index contributed by atoms with van der Waals surface area (Å²) in [6.07, 6.45) is 0.344. The number of nitrogens with zero attached hydrogens (tertiary/aromatic N) is 2. The second-order valence-electron chi connectivity index (χ2n) is 5.13. The largest absolute Gasteiger partial charge is 0.491 e. The van der Waals surface area contributed by atoms with E-state index in [1.54, 1.807) is 11.3 Å². The highest BCUT2D eigenvalue weighted by Gasteiger charge is 2.13. The van der Waals surface area contributed by atoms with Crippen LogP contribution in [0.1, 0.15) is 12.5 Å². The fourth-order valence-corrected chi connectivity index (χ4v) is 3.34. The molecule has 2 heterocycles. The van der Waals surface area contributed by atoms with Crippen molar-refractivity contribution in [3.05, 3.63) is 47.3 Å². The number of rotatable bonds is 8. The maximum atomic E-state index is 10.1. The molecule has 0 amide bonds. The molecule has 5 nitrogen and oxygen atoms in total. The van der Waals surface area contributed by atoms with Gasteiger partial charge in [0, 0.05) is 5.75 Å². The summed E-state index contributed by atoms with van der Waals surface area (Å²) in [6, 6.07) is 11.8. The van der Waals surface area contributed by atoms with Crippen molar-refractivity contribution in [1.29, 1.82) is 0 Å². The molecule has 0 aliphatic carbocycles. The van der Waals surface area contributed by atoms with E-state index in [4.69, 9.17) is 9.15 Å². The normalized spacial score (nSPS) is 12.2. The molecule has 0 unspecified atom stereocenters. The summed E-state index contributed by atoms with van der Waals surface area (Å²) in [5.41, 5.74) is 1.21. The van der Waals surface area contributed by atoms with Crippen molar-refractivity contribution in [2.45, 2.75) is 24.7 Å². The van der Waals surface area contributed by atoms with Crippen molar-refractivity contribution in [3.8, 4) is 16.5 Å². The van der Waals surface area contributed by atoms with Gasteiger partial charge in [-0.05, 0) is 35.6 Å². The van der Waals surface area contributed by atoms with Gasteiger partial charge in [-0.2, -0.15) is 0 Å². The fourth-order valence-electron chi connectivity index (χ4n) is 2.03. The lowest BCUT2D eigenvalue weighted by atomic mass is 10.2. The number of ether oxygens (including phenoxy) is 1. The predicted octanol–water partition coefficient (Wildman–Crippen LogP) is 3.89. The molecule has 1 aromatic carbocycles. The van der Waals surface area contributed by atoms with Gasteiger partial charge in [0.15, 0.2) is 0 Å². The molecule has 0 aliphatic heterocycles. The monoisotopic (exact) mass is 362 g/mol. The van der Waals surface area contributed by atoms with Crippen LogP contribution in [0.3, 0.4) is 0 Å². The second-order valence-corrected chi connectivity index (χ2v) is 7.05. The molecule has 0 spiro atoms. The quantitative estimate of drug-likeness (QED) is 0.613. The molecule has 24 heavy (non-hydrogen) atoms. The van der Waals surface area contributed by atoms with Crippen LogP contribution >= 0.6 is 23.1 Å². The molecule has 0 aliphatic rings. The summed E-state index contributed by atoms with van der Waals surface area (Å²) >= 11 is 2.87. The third kappa shape index (κ3) is 4.59. The van der Waals surface area contributed by atoms with Crippen LogP contribution in [-0.2, 0) is 6.42 Å². The van der Waals surface area contributed by atoms with Gasteiger partial charge >= 0.3 is 0 Å². The number of thiophene rings is 1. The first-order valence-corrected chi connectivity index (χ1v) is 9.51. The molecule has 0 fully saturated rings. The van der Waals surface area contributed by atoms with Gasteiger partial charge in [-0.1, -0.05) is 36.9 Å². The fraction of sp³-hybridized carbons (Fsp3) is 0.294. The van der Waals surface area contributed by atoms with Crippen LogP contribution in [0.4, 0.5) is 0 Å².